The van der Waals surface area contributed by atoms with Gasteiger partial charge >= 0.3 is 0 Å². The number of rotatable bonds is 4. The molecule has 0 bridgehead atoms. The fourth-order valence-corrected chi connectivity index (χ4v) is 4.11. The number of pyridine rings is 1. The fraction of sp³-hybridized carbons (Fsp3) is 0.211. The average Bonchev–Trinajstić information content (AvgIpc) is 2.69. The lowest BCUT2D eigenvalue weighted by molar-refractivity contribution is -0.387. The van der Waals surface area contributed by atoms with Crippen LogP contribution < -0.4 is 4.90 Å². The first-order valence-electron chi connectivity index (χ1n) is 8.35. The van der Waals surface area contributed by atoms with Crippen molar-refractivity contribution in [3.8, 4) is 0 Å². The molecule has 1 saturated heterocycles. The van der Waals surface area contributed by atoms with Gasteiger partial charge in [0.25, 0.3) is 5.69 Å². The zero-order chi connectivity index (χ0) is 17.9. The predicted molar refractivity (Wildman–Crippen MR) is 102 cm³/mol. The maximum Gasteiger partial charge on any atom is 0.283 e. The topological polar surface area (TPSA) is 68.5 Å². The number of aromatic nitrogens is 1. The normalized spacial score (nSPS) is 14.5. The Morgan fingerprint density at radius 3 is 2.69 bits per heavy atom. The molecular formula is C19H17N3O3S. The number of morpholine rings is 1. The molecule has 4 rings (SSSR count). The van der Waals surface area contributed by atoms with Crippen LogP contribution in [0.25, 0.3) is 10.9 Å². The van der Waals surface area contributed by atoms with E-state index in [0.29, 0.717) is 18.1 Å². The van der Waals surface area contributed by atoms with Crippen LogP contribution in [0.4, 0.5) is 11.4 Å². The minimum atomic E-state index is -0.329. The van der Waals surface area contributed by atoms with Gasteiger partial charge < -0.3 is 9.64 Å². The summed E-state index contributed by atoms with van der Waals surface area (Å²) in [6.45, 7) is 2.93. The number of nitrogens with zero attached hydrogens (tertiary/aromatic N) is 3. The Bertz CT molecular complexity index is 952. The number of nitro benzene ring substituents is 1. The minimum Gasteiger partial charge on any atom is -0.378 e. The zero-order valence-electron chi connectivity index (χ0n) is 14.0. The molecule has 0 atom stereocenters. The predicted octanol–water partition coefficient (Wildman–Crippen LogP) is 4.13. The van der Waals surface area contributed by atoms with Crippen LogP contribution >= 0.6 is 11.8 Å². The summed E-state index contributed by atoms with van der Waals surface area (Å²) in [5, 5.41) is 12.5. The first kappa shape index (κ1) is 16.8. The lowest BCUT2D eigenvalue weighted by Gasteiger charge is -2.29. The summed E-state index contributed by atoms with van der Waals surface area (Å²) in [5.74, 6) is 0. The quantitative estimate of drug-likeness (QED) is 0.510. The molecule has 1 fully saturated rings. The highest BCUT2D eigenvalue weighted by Crippen LogP contribution is 2.39. The van der Waals surface area contributed by atoms with E-state index in [9.17, 15) is 10.1 Å². The van der Waals surface area contributed by atoms with Gasteiger partial charge in [-0.2, -0.15) is 0 Å². The van der Waals surface area contributed by atoms with Crippen molar-refractivity contribution in [1.82, 2.24) is 4.98 Å². The van der Waals surface area contributed by atoms with Gasteiger partial charge in [0.15, 0.2) is 0 Å². The Kier molecular flexibility index (Phi) is 4.73. The molecule has 7 heteroatoms. The molecule has 2 heterocycles. The number of para-hydroxylation sites is 1. The van der Waals surface area contributed by atoms with Crippen LogP contribution in [-0.4, -0.2) is 36.2 Å². The zero-order valence-corrected chi connectivity index (χ0v) is 14.8. The lowest BCUT2D eigenvalue weighted by Crippen LogP contribution is -2.36. The number of nitro groups is 1. The second-order valence-electron chi connectivity index (χ2n) is 5.94. The summed E-state index contributed by atoms with van der Waals surface area (Å²) >= 11 is 1.39. The third kappa shape index (κ3) is 3.36. The van der Waals surface area contributed by atoms with Crippen molar-refractivity contribution in [2.75, 3.05) is 31.2 Å². The maximum absolute atomic E-state index is 11.5. The summed E-state index contributed by atoms with van der Waals surface area (Å²) < 4.78 is 5.39. The lowest BCUT2D eigenvalue weighted by atomic mass is 10.2. The molecule has 1 aliphatic rings. The largest absolute Gasteiger partial charge is 0.378 e. The van der Waals surface area contributed by atoms with Crippen LogP contribution in [-0.2, 0) is 4.74 Å². The highest BCUT2D eigenvalue weighted by molar-refractivity contribution is 7.99. The van der Waals surface area contributed by atoms with Crippen molar-refractivity contribution >= 4 is 34.0 Å². The smallest absolute Gasteiger partial charge is 0.283 e. The van der Waals surface area contributed by atoms with Crippen LogP contribution in [0.2, 0.25) is 0 Å². The van der Waals surface area contributed by atoms with Crippen LogP contribution in [0.15, 0.2) is 64.5 Å². The molecule has 3 aromatic rings. The standard InChI is InChI=1S/C19H17N3O3S/c23-22(24)16-7-6-15(21-9-11-25-12-10-21)13-18(16)26-17-5-1-3-14-4-2-8-20-19(14)17/h1-8,13H,9-12H2. The first-order chi connectivity index (χ1) is 12.7. The summed E-state index contributed by atoms with van der Waals surface area (Å²) in [7, 11) is 0. The van der Waals surface area contributed by atoms with Gasteiger partial charge in [0.1, 0.15) is 0 Å². The van der Waals surface area contributed by atoms with Crippen LogP contribution in [0.1, 0.15) is 0 Å². The molecule has 0 amide bonds. The summed E-state index contributed by atoms with van der Waals surface area (Å²) in [6.07, 6.45) is 1.74. The third-order valence-corrected chi connectivity index (χ3v) is 5.43. The van der Waals surface area contributed by atoms with Crippen molar-refractivity contribution in [3.05, 3.63) is 64.8 Å². The number of anilines is 1. The van der Waals surface area contributed by atoms with E-state index in [1.165, 1.54) is 11.8 Å². The van der Waals surface area contributed by atoms with Crippen LogP contribution in [0, 0.1) is 10.1 Å². The molecule has 0 radical (unpaired) electrons. The molecule has 0 spiro atoms. The van der Waals surface area contributed by atoms with E-state index in [1.807, 2.05) is 42.5 Å². The fourth-order valence-electron chi connectivity index (χ4n) is 3.03. The number of fused-ring (bicyclic) bond motifs is 1. The summed E-state index contributed by atoms with van der Waals surface area (Å²) in [4.78, 5) is 19.3. The van der Waals surface area contributed by atoms with Crippen molar-refractivity contribution in [3.63, 3.8) is 0 Å². The number of hydrogen-bond donors (Lipinski definition) is 0. The Labute approximate surface area is 154 Å². The van der Waals surface area contributed by atoms with Gasteiger partial charge in [-0.05, 0) is 24.3 Å². The van der Waals surface area contributed by atoms with Crippen LogP contribution in [0.5, 0.6) is 0 Å². The number of hydrogen-bond acceptors (Lipinski definition) is 6. The third-order valence-electron chi connectivity index (χ3n) is 4.33. The second kappa shape index (κ2) is 7.31. The van der Waals surface area contributed by atoms with E-state index in [2.05, 4.69) is 9.88 Å². The first-order valence-corrected chi connectivity index (χ1v) is 9.17. The molecule has 26 heavy (non-hydrogen) atoms. The van der Waals surface area contributed by atoms with Gasteiger partial charge in [-0.25, -0.2) is 0 Å². The van der Waals surface area contributed by atoms with Gasteiger partial charge in [0.2, 0.25) is 0 Å². The van der Waals surface area contributed by atoms with E-state index < -0.39 is 0 Å². The van der Waals surface area contributed by atoms with Gasteiger partial charge in [0.05, 0.1) is 28.5 Å². The Balaban J connectivity index is 1.74. The Morgan fingerprint density at radius 1 is 1.08 bits per heavy atom. The highest BCUT2D eigenvalue weighted by Gasteiger charge is 2.19. The molecule has 0 aliphatic carbocycles. The van der Waals surface area contributed by atoms with E-state index in [1.54, 1.807) is 12.3 Å². The van der Waals surface area contributed by atoms with Crippen molar-refractivity contribution in [2.24, 2.45) is 0 Å². The molecule has 2 aromatic carbocycles. The van der Waals surface area contributed by atoms with E-state index in [4.69, 9.17) is 4.74 Å². The molecule has 132 valence electrons. The second-order valence-corrected chi connectivity index (χ2v) is 7.03. The molecule has 1 aromatic heterocycles. The van der Waals surface area contributed by atoms with E-state index in [-0.39, 0.29) is 10.6 Å². The van der Waals surface area contributed by atoms with Crippen molar-refractivity contribution in [2.45, 2.75) is 9.79 Å². The molecule has 0 saturated carbocycles. The number of benzene rings is 2. The molecule has 0 N–H and O–H groups in total. The number of ether oxygens (including phenoxy) is 1. The minimum absolute atomic E-state index is 0.111. The Hall–Kier alpha value is -2.64. The van der Waals surface area contributed by atoms with Gasteiger partial charge in [0, 0.05) is 41.3 Å². The van der Waals surface area contributed by atoms with Crippen molar-refractivity contribution in [1.29, 1.82) is 0 Å². The average molecular weight is 367 g/mol. The van der Waals surface area contributed by atoms with E-state index in [0.717, 1.165) is 34.6 Å². The van der Waals surface area contributed by atoms with E-state index >= 15 is 0 Å². The molecule has 1 aliphatic heterocycles. The molecule has 6 nitrogen and oxygen atoms in total. The Morgan fingerprint density at radius 2 is 1.88 bits per heavy atom. The molecular weight excluding hydrogens is 350 g/mol. The summed E-state index contributed by atoms with van der Waals surface area (Å²) in [6, 6.07) is 15.1. The maximum atomic E-state index is 11.5. The summed E-state index contributed by atoms with van der Waals surface area (Å²) in [5.41, 5.74) is 1.95. The molecule has 0 unspecified atom stereocenters. The van der Waals surface area contributed by atoms with Gasteiger partial charge in [-0.1, -0.05) is 30.0 Å². The SMILES string of the molecule is O=[N+]([O-])c1ccc(N2CCOCC2)cc1Sc1cccc2cccnc12. The van der Waals surface area contributed by atoms with Crippen molar-refractivity contribution < 1.29 is 9.66 Å². The van der Waals surface area contributed by atoms with Crippen LogP contribution in [0.3, 0.4) is 0 Å². The van der Waals surface area contributed by atoms with Gasteiger partial charge in [-0.15, -0.1) is 0 Å². The monoisotopic (exact) mass is 367 g/mol. The highest BCUT2D eigenvalue weighted by atomic mass is 32.2. The van der Waals surface area contributed by atoms with Gasteiger partial charge in [-0.3, -0.25) is 15.1 Å².